The van der Waals surface area contributed by atoms with Gasteiger partial charge in [0.2, 0.25) is 5.95 Å². The summed E-state index contributed by atoms with van der Waals surface area (Å²) in [6, 6.07) is 5.99. The molecular weight excluding hydrogens is 287 g/mol. The number of aromatic nitrogens is 4. The highest BCUT2D eigenvalue weighted by Gasteiger charge is 2.11. The number of fused-ring (bicyclic) bond motifs is 1. The summed E-state index contributed by atoms with van der Waals surface area (Å²) in [5.41, 5.74) is 1.36. The van der Waals surface area contributed by atoms with E-state index in [1.807, 2.05) is 0 Å². The molecule has 3 aromatic rings. The van der Waals surface area contributed by atoms with Crippen LogP contribution in [0.1, 0.15) is 0 Å². The Hall–Kier alpha value is -2.74. The highest BCUT2D eigenvalue weighted by atomic mass is 19.1. The number of anilines is 3. The smallest absolute Gasteiger partial charge is 0.226 e. The zero-order valence-electron chi connectivity index (χ0n) is 11.9. The predicted octanol–water partition coefficient (Wildman–Crippen LogP) is 1.65. The lowest BCUT2D eigenvalue weighted by Crippen LogP contribution is -2.10. The maximum atomic E-state index is 13.0. The number of hydrogen-bond acceptors (Lipinski definition) is 6. The lowest BCUT2D eigenvalue weighted by Gasteiger charge is -2.09. The molecule has 0 bridgehead atoms. The van der Waals surface area contributed by atoms with Crippen molar-refractivity contribution in [3.8, 4) is 0 Å². The van der Waals surface area contributed by atoms with Crippen molar-refractivity contribution < 1.29 is 9.50 Å². The first-order valence-corrected chi connectivity index (χ1v) is 6.74. The van der Waals surface area contributed by atoms with Crippen LogP contribution in [0.15, 0.2) is 30.5 Å². The Labute approximate surface area is 125 Å². The summed E-state index contributed by atoms with van der Waals surface area (Å²) in [6.07, 6.45) is 1.66. The topological polar surface area (TPSA) is 87.9 Å². The first-order valence-electron chi connectivity index (χ1n) is 6.74. The van der Waals surface area contributed by atoms with E-state index in [9.17, 15) is 4.39 Å². The standard InChI is InChI=1S/C14H15FN6O/c1-21-13-11(8-17-21)12(19-14(20-13)16-6-7-22)18-10-4-2-9(15)3-5-10/h2-5,8,22H,6-7H2,1H3,(H2,16,18,19,20). The van der Waals surface area contributed by atoms with E-state index < -0.39 is 0 Å². The quantitative estimate of drug-likeness (QED) is 0.664. The van der Waals surface area contributed by atoms with Gasteiger partial charge in [-0.05, 0) is 24.3 Å². The van der Waals surface area contributed by atoms with Crippen molar-refractivity contribution in [1.82, 2.24) is 19.7 Å². The summed E-state index contributed by atoms with van der Waals surface area (Å²) in [5.74, 6) is 0.643. The third-order valence-electron chi connectivity index (χ3n) is 3.09. The van der Waals surface area contributed by atoms with Crippen molar-refractivity contribution >= 4 is 28.5 Å². The number of nitrogens with one attached hydrogen (secondary N) is 2. The molecule has 0 radical (unpaired) electrons. The van der Waals surface area contributed by atoms with Gasteiger partial charge in [-0.25, -0.2) is 4.39 Å². The third-order valence-corrected chi connectivity index (χ3v) is 3.09. The number of rotatable bonds is 5. The van der Waals surface area contributed by atoms with Gasteiger partial charge in [0.25, 0.3) is 0 Å². The summed E-state index contributed by atoms with van der Waals surface area (Å²) in [4.78, 5) is 8.73. The van der Waals surface area contributed by atoms with E-state index in [0.717, 1.165) is 5.39 Å². The molecule has 0 amide bonds. The van der Waals surface area contributed by atoms with Crippen LogP contribution in [0.4, 0.5) is 21.8 Å². The zero-order chi connectivity index (χ0) is 15.5. The van der Waals surface area contributed by atoms with Crippen molar-refractivity contribution in [1.29, 1.82) is 0 Å². The van der Waals surface area contributed by atoms with Gasteiger partial charge in [0.15, 0.2) is 5.65 Å². The third kappa shape index (κ3) is 2.82. The second-order valence-electron chi connectivity index (χ2n) is 4.68. The molecule has 0 spiro atoms. The van der Waals surface area contributed by atoms with Gasteiger partial charge in [0.05, 0.1) is 18.2 Å². The summed E-state index contributed by atoms with van der Waals surface area (Å²) >= 11 is 0. The molecular formula is C14H15FN6O. The van der Waals surface area contributed by atoms with E-state index in [1.54, 1.807) is 30.1 Å². The van der Waals surface area contributed by atoms with E-state index in [1.165, 1.54) is 12.1 Å². The van der Waals surface area contributed by atoms with Gasteiger partial charge < -0.3 is 15.7 Å². The Balaban J connectivity index is 2.00. The maximum Gasteiger partial charge on any atom is 0.226 e. The fourth-order valence-corrected chi connectivity index (χ4v) is 2.03. The van der Waals surface area contributed by atoms with E-state index in [4.69, 9.17) is 5.11 Å². The number of aryl methyl sites for hydroxylation is 1. The second-order valence-corrected chi connectivity index (χ2v) is 4.68. The monoisotopic (exact) mass is 302 g/mol. The van der Waals surface area contributed by atoms with Gasteiger partial charge in [-0.2, -0.15) is 15.1 Å². The molecule has 2 heterocycles. The normalized spacial score (nSPS) is 10.9. The molecule has 0 fully saturated rings. The zero-order valence-corrected chi connectivity index (χ0v) is 11.9. The Morgan fingerprint density at radius 3 is 2.73 bits per heavy atom. The molecule has 8 heteroatoms. The highest BCUT2D eigenvalue weighted by Crippen LogP contribution is 2.24. The van der Waals surface area contributed by atoms with Gasteiger partial charge >= 0.3 is 0 Å². The molecule has 0 saturated carbocycles. The van der Waals surface area contributed by atoms with E-state index >= 15 is 0 Å². The summed E-state index contributed by atoms with van der Waals surface area (Å²) < 4.78 is 14.6. The van der Waals surface area contributed by atoms with Crippen LogP contribution < -0.4 is 10.6 Å². The molecule has 0 aliphatic heterocycles. The van der Waals surface area contributed by atoms with Crippen molar-refractivity contribution in [3.63, 3.8) is 0 Å². The Morgan fingerprint density at radius 2 is 2.00 bits per heavy atom. The SMILES string of the molecule is Cn1ncc2c(Nc3ccc(F)cc3)nc(NCCO)nc21. The van der Waals surface area contributed by atoms with E-state index in [0.29, 0.717) is 29.6 Å². The molecule has 3 rings (SSSR count). The van der Waals surface area contributed by atoms with Crippen molar-refractivity contribution in [2.24, 2.45) is 7.05 Å². The van der Waals surface area contributed by atoms with Crippen LogP contribution in [0.5, 0.6) is 0 Å². The molecule has 3 N–H and O–H groups in total. The van der Waals surface area contributed by atoms with Crippen LogP contribution >= 0.6 is 0 Å². The first-order chi connectivity index (χ1) is 10.7. The van der Waals surface area contributed by atoms with Crippen LogP contribution in [0.2, 0.25) is 0 Å². The van der Waals surface area contributed by atoms with Crippen LogP contribution in [0, 0.1) is 5.82 Å². The van der Waals surface area contributed by atoms with Gasteiger partial charge in [-0.3, -0.25) is 4.68 Å². The minimum atomic E-state index is -0.301. The van der Waals surface area contributed by atoms with Crippen molar-refractivity contribution in [2.45, 2.75) is 0 Å². The van der Waals surface area contributed by atoms with Crippen LogP contribution in [-0.2, 0) is 7.05 Å². The van der Waals surface area contributed by atoms with Crippen molar-refractivity contribution in [3.05, 3.63) is 36.3 Å². The molecule has 2 aromatic heterocycles. The molecule has 0 aliphatic carbocycles. The van der Waals surface area contributed by atoms with Crippen LogP contribution in [0.25, 0.3) is 11.0 Å². The Morgan fingerprint density at radius 1 is 1.23 bits per heavy atom. The Bertz CT molecular complexity index is 786. The molecule has 114 valence electrons. The van der Waals surface area contributed by atoms with Gasteiger partial charge in [0, 0.05) is 19.3 Å². The average Bonchev–Trinajstić information content (AvgIpc) is 2.89. The largest absolute Gasteiger partial charge is 0.395 e. The number of aliphatic hydroxyl groups is 1. The molecule has 0 aliphatic rings. The molecule has 1 aromatic carbocycles. The second kappa shape index (κ2) is 5.94. The molecule has 0 atom stereocenters. The van der Waals surface area contributed by atoms with Crippen molar-refractivity contribution in [2.75, 3.05) is 23.8 Å². The number of aliphatic hydroxyl groups excluding tert-OH is 1. The molecule has 22 heavy (non-hydrogen) atoms. The summed E-state index contributed by atoms with van der Waals surface area (Å²) in [5, 5.41) is 19.9. The molecule has 0 saturated heterocycles. The lowest BCUT2D eigenvalue weighted by atomic mass is 10.3. The molecule has 7 nitrogen and oxygen atoms in total. The Kier molecular flexibility index (Phi) is 3.84. The highest BCUT2D eigenvalue weighted by molar-refractivity contribution is 5.89. The number of nitrogens with zero attached hydrogens (tertiary/aromatic N) is 4. The fourth-order valence-electron chi connectivity index (χ4n) is 2.03. The minimum Gasteiger partial charge on any atom is -0.395 e. The van der Waals surface area contributed by atoms with Crippen LogP contribution in [0.3, 0.4) is 0 Å². The predicted molar refractivity (Wildman–Crippen MR) is 81.6 cm³/mol. The number of hydrogen-bond donors (Lipinski definition) is 3. The summed E-state index contributed by atoms with van der Waals surface area (Å²) in [6.45, 7) is 0.326. The van der Waals surface area contributed by atoms with Gasteiger partial charge in [-0.15, -0.1) is 0 Å². The van der Waals surface area contributed by atoms with E-state index in [-0.39, 0.29) is 12.4 Å². The van der Waals surface area contributed by atoms with Crippen LogP contribution in [-0.4, -0.2) is 38.0 Å². The summed E-state index contributed by atoms with van der Waals surface area (Å²) in [7, 11) is 1.78. The number of halogens is 1. The van der Waals surface area contributed by atoms with Gasteiger partial charge in [0.1, 0.15) is 11.6 Å². The molecule has 0 unspecified atom stereocenters. The lowest BCUT2D eigenvalue weighted by molar-refractivity contribution is 0.311. The van der Waals surface area contributed by atoms with Gasteiger partial charge in [-0.1, -0.05) is 0 Å². The average molecular weight is 302 g/mol. The fraction of sp³-hybridized carbons (Fsp3) is 0.214. The minimum absolute atomic E-state index is 0.0203. The first kappa shape index (κ1) is 14.2. The maximum absolute atomic E-state index is 13.0. The number of benzene rings is 1. The van der Waals surface area contributed by atoms with E-state index in [2.05, 4.69) is 25.7 Å².